The maximum Gasteiger partial charge on any atom is 0.167 e. The van der Waals surface area contributed by atoms with Crippen LogP contribution in [-0.2, 0) is 6.42 Å². The number of ketones is 1. The summed E-state index contributed by atoms with van der Waals surface area (Å²) in [6.07, 6.45) is 0.265. The molecule has 0 saturated carbocycles. The van der Waals surface area contributed by atoms with Crippen molar-refractivity contribution in [3.8, 4) is 0 Å². The fourth-order valence-electron chi connectivity index (χ4n) is 1.60. The van der Waals surface area contributed by atoms with Crippen molar-refractivity contribution in [3.05, 3.63) is 67.5 Å². The maximum absolute atomic E-state index is 12.9. The van der Waals surface area contributed by atoms with Crippen LogP contribution in [0.5, 0.6) is 0 Å². The summed E-state index contributed by atoms with van der Waals surface area (Å²) in [5, 5.41) is 0. The van der Waals surface area contributed by atoms with Crippen molar-refractivity contribution >= 4 is 44.3 Å². The summed E-state index contributed by atoms with van der Waals surface area (Å²) in [7, 11) is 0. The van der Waals surface area contributed by atoms with Gasteiger partial charge in [0.15, 0.2) is 5.78 Å². The summed E-state index contributed by atoms with van der Waals surface area (Å²) < 4.78 is 14.6. The number of hydrogen-bond acceptors (Lipinski definition) is 1. The molecule has 0 heterocycles. The standard InChI is InChI=1S/C14H9BrFIO/c15-13-8-11(16)5-4-9(13)7-14(18)10-2-1-3-12(17)6-10/h1-6,8H,7H2. The minimum absolute atomic E-state index is 0.0285. The van der Waals surface area contributed by atoms with Gasteiger partial charge in [-0.3, -0.25) is 4.79 Å². The molecule has 0 unspecified atom stereocenters. The summed E-state index contributed by atoms with van der Waals surface area (Å²) in [5.41, 5.74) is 1.47. The Kier molecular flexibility index (Phi) is 4.50. The molecule has 2 aromatic rings. The highest BCUT2D eigenvalue weighted by atomic mass is 127. The van der Waals surface area contributed by atoms with Crippen LogP contribution in [0, 0.1) is 9.39 Å². The van der Waals surface area contributed by atoms with Crippen molar-refractivity contribution in [2.24, 2.45) is 0 Å². The van der Waals surface area contributed by atoms with Crippen molar-refractivity contribution in [1.29, 1.82) is 0 Å². The Bertz CT molecular complexity index is 598. The fraction of sp³-hybridized carbons (Fsp3) is 0.0714. The fourth-order valence-corrected chi connectivity index (χ4v) is 2.64. The van der Waals surface area contributed by atoms with E-state index < -0.39 is 0 Å². The second kappa shape index (κ2) is 5.93. The SMILES string of the molecule is O=C(Cc1ccc(F)cc1Br)c1cccc(I)c1. The largest absolute Gasteiger partial charge is 0.294 e. The lowest BCUT2D eigenvalue weighted by Gasteiger charge is -2.04. The smallest absolute Gasteiger partial charge is 0.167 e. The van der Waals surface area contributed by atoms with E-state index in [1.165, 1.54) is 12.1 Å². The van der Waals surface area contributed by atoms with Gasteiger partial charge in [-0.1, -0.05) is 34.1 Å². The molecule has 0 bridgehead atoms. The molecule has 0 amide bonds. The van der Waals surface area contributed by atoms with Crippen molar-refractivity contribution in [2.75, 3.05) is 0 Å². The Hall–Kier alpha value is -0.750. The van der Waals surface area contributed by atoms with Gasteiger partial charge in [0.1, 0.15) is 5.82 Å². The zero-order valence-electron chi connectivity index (χ0n) is 9.29. The Morgan fingerprint density at radius 2 is 2.00 bits per heavy atom. The molecule has 0 aliphatic rings. The van der Waals surface area contributed by atoms with E-state index in [9.17, 15) is 9.18 Å². The molecule has 0 N–H and O–H groups in total. The summed E-state index contributed by atoms with van der Waals surface area (Å²) in [4.78, 5) is 12.1. The number of benzene rings is 2. The minimum atomic E-state index is -0.313. The summed E-state index contributed by atoms with van der Waals surface area (Å²) >= 11 is 5.44. The molecule has 0 aliphatic carbocycles. The molecule has 0 radical (unpaired) electrons. The Morgan fingerprint density at radius 1 is 1.22 bits per heavy atom. The number of carbonyl (C=O) groups excluding carboxylic acids is 1. The van der Waals surface area contributed by atoms with E-state index in [2.05, 4.69) is 38.5 Å². The first-order chi connectivity index (χ1) is 8.56. The van der Waals surface area contributed by atoms with Crippen LogP contribution in [0.15, 0.2) is 46.9 Å². The molecule has 0 fully saturated rings. The highest BCUT2D eigenvalue weighted by Gasteiger charge is 2.10. The average Bonchev–Trinajstić information content (AvgIpc) is 2.32. The number of carbonyl (C=O) groups is 1. The molecule has 0 atom stereocenters. The van der Waals surface area contributed by atoms with E-state index >= 15 is 0 Å². The van der Waals surface area contributed by atoms with Gasteiger partial charge < -0.3 is 0 Å². The monoisotopic (exact) mass is 418 g/mol. The van der Waals surface area contributed by atoms with E-state index in [1.54, 1.807) is 12.1 Å². The third kappa shape index (κ3) is 3.38. The molecule has 0 aliphatic heterocycles. The van der Waals surface area contributed by atoms with Gasteiger partial charge >= 0.3 is 0 Å². The molecule has 4 heteroatoms. The van der Waals surface area contributed by atoms with Crippen LogP contribution in [0.3, 0.4) is 0 Å². The maximum atomic E-state index is 12.9. The second-order valence-corrected chi connectivity index (χ2v) is 5.95. The average molecular weight is 419 g/mol. The lowest BCUT2D eigenvalue weighted by Crippen LogP contribution is -2.04. The van der Waals surface area contributed by atoms with Gasteiger partial charge in [0.25, 0.3) is 0 Å². The van der Waals surface area contributed by atoms with E-state index in [-0.39, 0.29) is 18.0 Å². The zero-order chi connectivity index (χ0) is 13.1. The van der Waals surface area contributed by atoms with Gasteiger partial charge in [0, 0.05) is 20.0 Å². The van der Waals surface area contributed by atoms with E-state index in [0.717, 1.165) is 9.13 Å². The van der Waals surface area contributed by atoms with Gasteiger partial charge in [0.05, 0.1) is 0 Å². The minimum Gasteiger partial charge on any atom is -0.294 e. The van der Waals surface area contributed by atoms with Crippen LogP contribution >= 0.6 is 38.5 Å². The molecule has 2 rings (SSSR count). The molecule has 0 spiro atoms. The number of Topliss-reactive ketones (excluding diaryl/α,β-unsaturated/α-hetero) is 1. The molecule has 0 aromatic heterocycles. The Balaban J connectivity index is 2.21. The van der Waals surface area contributed by atoms with Crippen LogP contribution in [0.25, 0.3) is 0 Å². The molecule has 2 aromatic carbocycles. The predicted octanol–water partition coefficient (Wildman–Crippen LogP) is 4.62. The first kappa shape index (κ1) is 13.7. The van der Waals surface area contributed by atoms with E-state index in [0.29, 0.717) is 10.0 Å². The first-order valence-corrected chi connectivity index (χ1v) is 7.16. The summed E-state index contributed by atoms with van der Waals surface area (Å²) in [6.45, 7) is 0. The first-order valence-electron chi connectivity index (χ1n) is 5.29. The highest BCUT2D eigenvalue weighted by molar-refractivity contribution is 14.1. The summed E-state index contributed by atoms with van der Waals surface area (Å²) in [5.74, 6) is -0.284. The molecular weight excluding hydrogens is 410 g/mol. The number of halogens is 3. The van der Waals surface area contributed by atoms with Gasteiger partial charge in [-0.25, -0.2) is 4.39 Å². The molecular formula is C14H9BrFIO. The highest BCUT2D eigenvalue weighted by Crippen LogP contribution is 2.20. The molecule has 18 heavy (non-hydrogen) atoms. The van der Waals surface area contributed by atoms with E-state index in [4.69, 9.17) is 0 Å². The van der Waals surface area contributed by atoms with Crippen LogP contribution < -0.4 is 0 Å². The lowest BCUT2D eigenvalue weighted by atomic mass is 10.0. The van der Waals surface area contributed by atoms with Gasteiger partial charge in [0.2, 0.25) is 0 Å². The second-order valence-electron chi connectivity index (χ2n) is 3.85. The van der Waals surface area contributed by atoms with Crippen molar-refractivity contribution in [1.82, 2.24) is 0 Å². The topological polar surface area (TPSA) is 17.1 Å². The lowest BCUT2D eigenvalue weighted by molar-refractivity contribution is 0.0992. The number of hydrogen-bond donors (Lipinski definition) is 0. The summed E-state index contributed by atoms with van der Waals surface area (Å²) in [6, 6.07) is 11.8. The van der Waals surface area contributed by atoms with Crippen LogP contribution in [0.4, 0.5) is 4.39 Å². The zero-order valence-corrected chi connectivity index (χ0v) is 13.0. The third-order valence-electron chi connectivity index (χ3n) is 2.51. The van der Waals surface area contributed by atoms with E-state index in [1.807, 2.05) is 18.2 Å². The normalized spacial score (nSPS) is 10.4. The van der Waals surface area contributed by atoms with Crippen LogP contribution in [0.1, 0.15) is 15.9 Å². The molecule has 92 valence electrons. The van der Waals surface area contributed by atoms with Crippen molar-refractivity contribution < 1.29 is 9.18 Å². The molecule has 0 saturated heterocycles. The van der Waals surface area contributed by atoms with Crippen molar-refractivity contribution in [2.45, 2.75) is 6.42 Å². The Labute approximate surface area is 127 Å². The third-order valence-corrected chi connectivity index (χ3v) is 3.92. The molecule has 1 nitrogen and oxygen atoms in total. The van der Waals surface area contributed by atoms with Gasteiger partial charge in [-0.2, -0.15) is 0 Å². The van der Waals surface area contributed by atoms with Gasteiger partial charge in [-0.05, 0) is 52.4 Å². The Morgan fingerprint density at radius 3 is 2.67 bits per heavy atom. The predicted molar refractivity (Wildman–Crippen MR) is 81.3 cm³/mol. The van der Waals surface area contributed by atoms with Crippen LogP contribution in [0.2, 0.25) is 0 Å². The van der Waals surface area contributed by atoms with Gasteiger partial charge in [-0.15, -0.1) is 0 Å². The van der Waals surface area contributed by atoms with Crippen molar-refractivity contribution in [3.63, 3.8) is 0 Å². The quantitative estimate of drug-likeness (QED) is 0.525. The number of rotatable bonds is 3. The van der Waals surface area contributed by atoms with Crippen LogP contribution in [-0.4, -0.2) is 5.78 Å².